The molecule has 2 aliphatic rings. The Bertz CT molecular complexity index is 1640. The Kier molecular flexibility index (Phi) is 11.3. The first kappa shape index (κ1) is 37.8. The first-order chi connectivity index (χ1) is 23.4. The molecule has 1 atom stereocenters. The molecule has 1 unspecified atom stereocenters. The SMILES string of the molecule is Cc1noc(C2CC2)c1-c1nc(-c2cccc(OCC(CN(C)C(=O)OC(C)(C)C)O[Si](C)(C)C(C)(C)C)c2)nc(NC2CCOCC2)c1C. The number of carbonyl (C=O) groups is 1. The van der Waals surface area contributed by atoms with Gasteiger partial charge in [-0.2, -0.15) is 0 Å². The van der Waals surface area contributed by atoms with Gasteiger partial charge in [0.25, 0.3) is 0 Å². The molecule has 3 aromatic rings. The van der Waals surface area contributed by atoms with Crippen LogP contribution in [0.5, 0.6) is 5.75 Å². The van der Waals surface area contributed by atoms with E-state index in [1.165, 1.54) is 0 Å². The fourth-order valence-corrected chi connectivity index (χ4v) is 7.05. The summed E-state index contributed by atoms with van der Waals surface area (Å²) >= 11 is 0. The van der Waals surface area contributed by atoms with Crippen molar-refractivity contribution in [3.8, 4) is 28.4 Å². The predicted molar refractivity (Wildman–Crippen MR) is 198 cm³/mol. The first-order valence-electron chi connectivity index (χ1n) is 18.0. The first-order valence-corrected chi connectivity index (χ1v) is 20.9. The van der Waals surface area contributed by atoms with E-state index in [1.54, 1.807) is 11.9 Å². The summed E-state index contributed by atoms with van der Waals surface area (Å²) in [6.45, 7) is 22.7. The summed E-state index contributed by atoms with van der Waals surface area (Å²) in [7, 11) is -0.464. The number of nitrogens with zero attached hydrogens (tertiary/aromatic N) is 4. The topological polar surface area (TPSA) is 121 Å². The van der Waals surface area contributed by atoms with Crippen LogP contribution in [0.15, 0.2) is 28.8 Å². The maximum atomic E-state index is 12.9. The lowest BCUT2D eigenvalue weighted by Crippen LogP contribution is -2.49. The molecule has 11 nitrogen and oxygen atoms in total. The van der Waals surface area contributed by atoms with Crippen molar-refractivity contribution in [3.63, 3.8) is 0 Å². The Morgan fingerprint density at radius 2 is 1.76 bits per heavy atom. The molecule has 2 fully saturated rings. The van der Waals surface area contributed by atoms with Crippen LogP contribution in [0.3, 0.4) is 0 Å². The van der Waals surface area contributed by atoms with E-state index in [0.717, 1.165) is 78.6 Å². The summed E-state index contributed by atoms with van der Waals surface area (Å²) in [4.78, 5) is 24.7. The van der Waals surface area contributed by atoms with E-state index in [4.69, 9.17) is 33.1 Å². The summed E-state index contributed by atoms with van der Waals surface area (Å²) < 4.78 is 30.3. The third kappa shape index (κ3) is 9.44. The van der Waals surface area contributed by atoms with Gasteiger partial charge in [0.05, 0.1) is 29.6 Å². The zero-order valence-corrected chi connectivity index (χ0v) is 32.9. The van der Waals surface area contributed by atoms with Gasteiger partial charge >= 0.3 is 6.09 Å². The lowest BCUT2D eigenvalue weighted by atomic mass is 10.0. The van der Waals surface area contributed by atoms with Gasteiger partial charge in [0.2, 0.25) is 0 Å². The number of rotatable bonds is 12. The van der Waals surface area contributed by atoms with Crippen LogP contribution in [0, 0.1) is 13.8 Å². The molecule has 0 radical (unpaired) electrons. The number of hydrogen-bond acceptors (Lipinski definition) is 10. The molecule has 0 spiro atoms. The average molecular weight is 708 g/mol. The number of benzene rings is 1. The smallest absolute Gasteiger partial charge is 0.410 e. The van der Waals surface area contributed by atoms with Crippen LogP contribution in [0.4, 0.5) is 10.6 Å². The number of anilines is 1. The molecule has 1 aliphatic carbocycles. The van der Waals surface area contributed by atoms with Gasteiger partial charge in [0, 0.05) is 43.3 Å². The second kappa shape index (κ2) is 15.0. The monoisotopic (exact) mass is 707 g/mol. The molecule has 1 aliphatic heterocycles. The van der Waals surface area contributed by atoms with Gasteiger partial charge in [0.15, 0.2) is 14.1 Å². The molecule has 3 heterocycles. The summed E-state index contributed by atoms with van der Waals surface area (Å²) in [6.07, 6.45) is 3.26. The predicted octanol–water partition coefficient (Wildman–Crippen LogP) is 8.52. The highest BCUT2D eigenvalue weighted by Gasteiger charge is 2.40. The second-order valence-electron chi connectivity index (χ2n) is 16.4. The number of hydrogen-bond donors (Lipinski definition) is 1. The van der Waals surface area contributed by atoms with Crippen molar-refractivity contribution in [2.45, 2.75) is 123 Å². The summed E-state index contributed by atoms with van der Waals surface area (Å²) in [6, 6.07) is 8.11. The highest BCUT2D eigenvalue weighted by Crippen LogP contribution is 2.46. The van der Waals surface area contributed by atoms with E-state index in [2.05, 4.69) is 51.3 Å². The van der Waals surface area contributed by atoms with Crippen LogP contribution in [0.1, 0.15) is 90.2 Å². The van der Waals surface area contributed by atoms with Crippen LogP contribution in [-0.2, 0) is 13.9 Å². The average Bonchev–Trinajstić information content (AvgIpc) is 3.81. The molecular formula is C38H57N5O6Si. The maximum Gasteiger partial charge on any atom is 0.410 e. The van der Waals surface area contributed by atoms with Crippen LogP contribution in [0.2, 0.25) is 18.1 Å². The molecule has 1 saturated carbocycles. The molecule has 1 saturated heterocycles. The molecule has 5 rings (SSSR count). The highest BCUT2D eigenvalue weighted by molar-refractivity contribution is 6.74. The normalized spacial score (nSPS) is 16.6. The number of nitrogens with one attached hydrogen (secondary N) is 1. The van der Waals surface area contributed by atoms with Crippen molar-refractivity contribution in [2.75, 3.05) is 38.7 Å². The molecule has 0 bridgehead atoms. The van der Waals surface area contributed by atoms with E-state index in [-0.39, 0.29) is 23.8 Å². The Morgan fingerprint density at radius 3 is 2.40 bits per heavy atom. The van der Waals surface area contributed by atoms with Crippen molar-refractivity contribution in [3.05, 3.63) is 41.3 Å². The van der Waals surface area contributed by atoms with Gasteiger partial charge in [-0.15, -0.1) is 0 Å². The van der Waals surface area contributed by atoms with Crippen LogP contribution < -0.4 is 10.1 Å². The lowest BCUT2D eigenvalue weighted by molar-refractivity contribution is 0.0172. The number of aryl methyl sites for hydroxylation is 1. The molecule has 12 heteroatoms. The third-order valence-electron chi connectivity index (χ3n) is 9.76. The van der Waals surface area contributed by atoms with Crippen LogP contribution in [-0.4, -0.2) is 85.6 Å². The van der Waals surface area contributed by atoms with E-state index in [1.807, 2.05) is 52.0 Å². The van der Waals surface area contributed by atoms with Crippen molar-refractivity contribution in [2.24, 2.45) is 0 Å². The Morgan fingerprint density at radius 1 is 1.06 bits per heavy atom. The molecule has 1 N–H and O–H groups in total. The van der Waals surface area contributed by atoms with Gasteiger partial charge in [0.1, 0.15) is 29.5 Å². The quantitative estimate of drug-likeness (QED) is 0.183. The molecule has 50 heavy (non-hydrogen) atoms. The van der Waals surface area contributed by atoms with Gasteiger partial charge in [-0.25, -0.2) is 14.8 Å². The molecule has 2 aromatic heterocycles. The van der Waals surface area contributed by atoms with Gasteiger partial charge in [-0.05, 0) is 90.6 Å². The largest absolute Gasteiger partial charge is 0.491 e. The van der Waals surface area contributed by atoms with Gasteiger partial charge < -0.3 is 33.4 Å². The zero-order chi connectivity index (χ0) is 36.4. The standard InChI is InChI=1S/C38H57N5O6Si/c1-24-32(31-25(2)42-48-33(31)26-15-16-26)40-35(41-34(24)39-28-17-19-45-20-18-28)27-13-12-14-29(21-27)46-23-30(49-50(10,11)38(6,7)8)22-43(9)36(44)47-37(3,4)5/h12-14,21,26,28,30H,15-20,22-23H2,1-11H3,(H,39,40,41). The summed E-state index contributed by atoms with van der Waals surface area (Å²) in [5, 5.41) is 8.04. The fraction of sp³-hybridized carbons (Fsp3) is 0.632. The maximum absolute atomic E-state index is 12.9. The van der Waals surface area contributed by atoms with E-state index in [9.17, 15) is 4.79 Å². The summed E-state index contributed by atoms with van der Waals surface area (Å²) in [5.41, 5.74) is 3.84. The minimum absolute atomic E-state index is 0.0191. The third-order valence-corrected chi connectivity index (χ3v) is 14.3. The van der Waals surface area contributed by atoms with Crippen molar-refractivity contribution >= 4 is 20.2 Å². The Balaban J connectivity index is 1.43. The number of aromatic nitrogens is 3. The molecule has 1 amide bonds. The molecular weight excluding hydrogens is 651 g/mol. The van der Waals surface area contributed by atoms with E-state index in [0.29, 0.717) is 24.0 Å². The van der Waals surface area contributed by atoms with Crippen LogP contribution >= 0.6 is 0 Å². The lowest BCUT2D eigenvalue weighted by Gasteiger charge is -2.40. The Labute approximate surface area is 298 Å². The number of likely N-dealkylation sites (N-methyl/N-ethyl adjacent to an activating group) is 1. The van der Waals surface area contributed by atoms with Crippen LogP contribution in [0.25, 0.3) is 22.6 Å². The highest BCUT2D eigenvalue weighted by atomic mass is 28.4. The molecule has 274 valence electrons. The van der Waals surface area contributed by atoms with Crippen molar-refractivity contribution in [1.82, 2.24) is 20.0 Å². The second-order valence-corrected chi connectivity index (χ2v) is 21.1. The fourth-order valence-electron chi connectivity index (χ4n) is 5.72. The summed E-state index contributed by atoms with van der Waals surface area (Å²) in [5.74, 6) is 3.35. The van der Waals surface area contributed by atoms with E-state index >= 15 is 0 Å². The van der Waals surface area contributed by atoms with Crippen molar-refractivity contribution in [1.29, 1.82) is 0 Å². The Hall–Kier alpha value is -3.48. The minimum Gasteiger partial charge on any atom is -0.491 e. The zero-order valence-electron chi connectivity index (χ0n) is 31.9. The van der Waals surface area contributed by atoms with Gasteiger partial charge in [-0.1, -0.05) is 38.1 Å². The minimum atomic E-state index is -2.20. The molecule has 1 aromatic carbocycles. The number of ether oxygens (including phenoxy) is 3. The van der Waals surface area contributed by atoms with Crippen molar-refractivity contribution < 1.29 is 28.0 Å². The van der Waals surface area contributed by atoms with Gasteiger partial charge in [-0.3, -0.25) is 0 Å². The van der Waals surface area contributed by atoms with E-state index < -0.39 is 20.0 Å². The number of carbonyl (C=O) groups excluding carboxylic acids is 1. The number of amides is 1.